The number of benzene rings is 2. The molecular formula is C20H23ClN2O. The Morgan fingerprint density at radius 2 is 1.67 bits per heavy atom. The van der Waals surface area contributed by atoms with Crippen molar-refractivity contribution in [2.24, 2.45) is 0 Å². The normalized spacial score (nSPS) is 18.0. The number of rotatable bonds is 2. The van der Waals surface area contributed by atoms with Gasteiger partial charge in [0.25, 0.3) is 5.91 Å². The van der Waals surface area contributed by atoms with Crippen LogP contribution in [0.4, 0.5) is 0 Å². The maximum Gasteiger partial charge on any atom is 0.251 e. The van der Waals surface area contributed by atoms with E-state index in [1.807, 2.05) is 6.07 Å². The van der Waals surface area contributed by atoms with Crippen LogP contribution in [-0.4, -0.2) is 30.9 Å². The summed E-state index contributed by atoms with van der Waals surface area (Å²) in [5.74, 6) is 0.732. The van der Waals surface area contributed by atoms with Crippen LogP contribution in [0.2, 0.25) is 0 Å². The van der Waals surface area contributed by atoms with Gasteiger partial charge in [-0.3, -0.25) is 4.79 Å². The highest BCUT2D eigenvalue weighted by atomic mass is 35.5. The van der Waals surface area contributed by atoms with Gasteiger partial charge in [0.05, 0.1) is 0 Å². The van der Waals surface area contributed by atoms with E-state index in [4.69, 9.17) is 0 Å². The lowest BCUT2D eigenvalue weighted by atomic mass is 9.88. The number of piperidine rings is 1. The van der Waals surface area contributed by atoms with Gasteiger partial charge in [0.2, 0.25) is 0 Å². The molecule has 0 saturated carbocycles. The molecule has 0 atom stereocenters. The number of carbonyl (C=O) groups excluding carboxylic acids is 1. The molecule has 2 heterocycles. The molecule has 3 nitrogen and oxygen atoms in total. The highest BCUT2D eigenvalue weighted by Gasteiger charge is 2.20. The summed E-state index contributed by atoms with van der Waals surface area (Å²) in [5.41, 5.74) is 5.67. The Hall–Kier alpha value is -1.84. The van der Waals surface area contributed by atoms with Gasteiger partial charge < -0.3 is 10.2 Å². The maximum absolute atomic E-state index is 11.8. The van der Waals surface area contributed by atoms with Gasteiger partial charge in [-0.15, -0.1) is 12.4 Å². The molecule has 0 spiro atoms. The minimum atomic E-state index is 0. The van der Waals surface area contributed by atoms with Crippen molar-refractivity contribution in [3.8, 4) is 11.1 Å². The summed E-state index contributed by atoms with van der Waals surface area (Å²) in [5, 5.41) is 2.88. The SMILES string of the molecule is CN1CCC(c2ccc(-c3ccc4c(c3)C(=O)NC4)cc2)CC1.Cl. The summed E-state index contributed by atoms with van der Waals surface area (Å²) in [6.07, 6.45) is 2.49. The third-order valence-corrected chi connectivity index (χ3v) is 5.23. The van der Waals surface area contributed by atoms with E-state index < -0.39 is 0 Å². The largest absolute Gasteiger partial charge is 0.348 e. The van der Waals surface area contributed by atoms with Crippen molar-refractivity contribution in [2.75, 3.05) is 20.1 Å². The molecule has 2 aliphatic heterocycles. The van der Waals surface area contributed by atoms with Gasteiger partial charge in [-0.2, -0.15) is 0 Å². The van der Waals surface area contributed by atoms with Gasteiger partial charge in [0.1, 0.15) is 0 Å². The number of amides is 1. The summed E-state index contributed by atoms with van der Waals surface area (Å²) >= 11 is 0. The van der Waals surface area contributed by atoms with Gasteiger partial charge in [-0.25, -0.2) is 0 Å². The molecule has 1 saturated heterocycles. The molecule has 2 aromatic carbocycles. The summed E-state index contributed by atoms with van der Waals surface area (Å²) < 4.78 is 0. The molecule has 0 radical (unpaired) electrons. The van der Waals surface area contributed by atoms with Gasteiger partial charge in [0.15, 0.2) is 0 Å². The third-order valence-electron chi connectivity index (χ3n) is 5.23. The molecule has 4 heteroatoms. The Labute approximate surface area is 149 Å². The number of halogens is 1. The van der Waals surface area contributed by atoms with Crippen molar-refractivity contribution >= 4 is 18.3 Å². The van der Waals surface area contributed by atoms with Crippen molar-refractivity contribution in [3.05, 3.63) is 59.2 Å². The van der Waals surface area contributed by atoms with E-state index in [9.17, 15) is 4.79 Å². The average Bonchev–Trinajstić information content (AvgIpc) is 2.96. The number of hydrogen-bond donors (Lipinski definition) is 1. The first-order valence-corrected chi connectivity index (χ1v) is 8.41. The minimum Gasteiger partial charge on any atom is -0.348 e. The van der Waals surface area contributed by atoms with Crippen LogP contribution in [-0.2, 0) is 6.54 Å². The van der Waals surface area contributed by atoms with Crippen LogP contribution in [0.1, 0.15) is 40.2 Å². The van der Waals surface area contributed by atoms with E-state index in [-0.39, 0.29) is 18.3 Å². The molecule has 1 amide bonds. The van der Waals surface area contributed by atoms with Crippen molar-refractivity contribution in [3.63, 3.8) is 0 Å². The molecule has 2 aliphatic rings. The van der Waals surface area contributed by atoms with Gasteiger partial charge in [0, 0.05) is 12.1 Å². The molecule has 24 heavy (non-hydrogen) atoms. The topological polar surface area (TPSA) is 32.3 Å². The number of carbonyl (C=O) groups is 1. The van der Waals surface area contributed by atoms with Crippen LogP contribution in [0.25, 0.3) is 11.1 Å². The monoisotopic (exact) mass is 342 g/mol. The van der Waals surface area contributed by atoms with E-state index in [1.165, 1.54) is 37.1 Å². The lowest BCUT2D eigenvalue weighted by Gasteiger charge is -2.29. The molecule has 0 aromatic heterocycles. The molecule has 0 unspecified atom stereocenters. The first kappa shape index (κ1) is 17.0. The number of nitrogens with one attached hydrogen (secondary N) is 1. The van der Waals surface area contributed by atoms with Crippen molar-refractivity contribution in [2.45, 2.75) is 25.3 Å². The second kappa shape index (κ2) is 6.96. The van der Waals surface area contributed by atoms with E-state index in [0.29, 0.717) is 12.5 Å². The highest BCUT2D eigenvalue weighted by molar-refractivity contribution is 5.99. The van der Waals surface area contributed by atoms with E-state index in [0.717, 1.165) is 16.7 Å². The molecule has 0 aliphatic carbocycles. The first-order valence-electron chi connectivity index (χ1n) is 8.41. The molecular weight excluding hydrogens is 320 g/mol. The Balaban J connectivity index is 0.00000169. The molecule has 0 bridgehead atoms. The van der Waals surface area contributed by atoms with Crippen molar-refractivity contribution in [1.82, 2.24) is 10.2 Å². The highest BCUT2D eigenvalue weighted by Crippen LogP contribution is 2.30. The number of likely N-dealkylation sites (tertiary alicyclic amines) is 1. The molecule has 4 rings (SSSR count). The van der Waals surface area contributed by atoms with Crippen LogP contribution in [0.5, 0.6) is 0 Å². The lowest BCUT2D eigenvalue weighted by Crippen LogP contribution is -2.29. The molecule has 2 aromatic rings. The lowest BCUT2D eigenvalue weighted by molar-refractivity contribution is 0.0966. The van der Waals surface area contributed by atoms with E-state index in [1.54, 1.807) is 0 Å². The second-order valence-corrected chi connectivity index (χ2v) is 6.75. The van der Waals surface area contributed by atoms with Crippen LogP contribution >= 0.6 is 12.4 Å². The summed E-state index contributed by atoms with van der Waals surface area (Å²) in [6.45, 7) is 3.03. The number of nitrogens with zero attached hydrogens (tertiary/aromatic N) is 1. The fourth-order valence-corrected chi connectivity index (χ4v) is 3.68. The first-order chi connectivity index (χ1) is 11.2. The summed E-state index contributed by atoms with van der Waals surface area (Å²) in [6, 6.07) is 15.1. The number of fused-ring (bicyclic) bond motifs is 1. The zero-order chi connectivity index (χ0) is 15.8. The molecule has 1 fully saturated rings. The average molecular weight is 343 g/mol. The van der Waals surface area contributed by atoms with Crippen LogP contribution in [0.3, 0.4) is 0 Å². The summed E-state index contributed by atoms with van der Waals surface area (Å²) in [4.78, 5) is 14.2. The van der Waals surface area contributed by atoms with E-state index in [2.05, 4.69) is 53.7 Å². The maximum atomic E-state index is 11.8. The van der Waals surface area contributed by atoms with Crippen molar-refractivity contribution in [1.29, 1.82) is 0 Å². The quantitative estimate of drug-likeness (QED) is 0.899. The van der Waals surface area contributed by atoms with Crippen LogP contribution < -0.4 is 5.32 Å². The van der Waals surface area contributed by atoms with Gasteiger partial charge in [-0.05, 0) is 67.2 Å². The number of hydrogen-bond acceptors (Lipinski definition) is 2. The third kappa shape index (κ3) is 3.19. The van der Waals surface area contributed by atoms with Crippen molar-refractivity contribution < 1.29 is 4.79 Å². The van der Waals surface area contributed by atoms with Crippen LogP contribution in [0, 0.1) is 0 Å². The predicted octanol–water partition coefficient (Wildman–Crippen LogP) is 3.83. The zero-order valence-corrected chi connectivity index (χ0v) is 14.7. The Kier molecular flexibility index (Phi) is 4.93. The fraction of sp³-hybridized carbons (Fsp3) is 0.350. The standard InChI is InChI=1S/C20H22N2O.ClH/c1-22-10-8-16(9-11-22)14-2-4-15(5-3-14)17-6-7-18-13-21-20(23)19(18)12-17;/h2-7,12,16H,8-11,13H2,1H3,(H,21,23);1H. The Morgan fingerprint density at radius 1 is 1.00 bits per heavy atom. The van der Waals surface area contributed by atoms with Gasteiger partial charge >= 0.3 is 0 Å². The second-order valence-electron chi connectivity index (χ2n) is 6.75. The molecule has 1 N–H and O–H groups in total. The minimum absolute atomic E-state index is 0. The van der Waals surface area contributed by atoms with Crippen LogP contribution in [0.15, 0.2) is 42.5 Å². The Morgan fingerprint density at radius 3 is 2.38 bits per heavy atom. The fourth-order valence-electron chi connectivity index (χ4n) is 3.68. The smallest absolute Gasteiger partial charge is 0.251 e. The summed E-state index contributed by atoms with van der Waals surface area (Å²) in [7, 11) is 2.20. The Bertz CT molecular complexity index is 734. The predicted molar refractivity (Wildman–Crippen MR) is 99.8 cm³/mol. The van der Waals surface area contributed by atoms with Gasteiger partial charge in [-0.1, -0.05) is 36.4 Å². The zero-order valence-electron chi connectivity index (χ0n) is 13.9. The van der Waals surface area contributed by atoms with E-state index >= 15 is 0 Å². The molecule has 126 valence electrons.